The van der Waals surface area contributed by atoms with Crippen LogP contribution in [0.1, 0.15) is 24.3 Å². The van der Waals surface area contributed by atoms with Gasteiger partial charge < -0.3 is 15.1 Å². The number of hydrogen-bond acceptors (Lipinski definition) is 3. The van der Waals surface area contributed by atoms with Crippen LogP contribution in [0.4, 0.5) is 15.8 Å². The maximum atomic E-state index is 13.2. The zero-order valence-corrected chi connectivity index (χ0v) is 15.7. The molecule has 0 spiro atoms. The van der Waals surface area contributed by atoms with E-state index in [0.717, 1.165) is 50.3 Å². The largest absolute Gasteiger partial charge is 0.369 e. The zero-order valence-electron chi connectivity index (χ0n) is 15.7. The fourth-order valence-electron chi connectivity index (χ4n) is 3.78. The van der Waals surface area contributed by atoms with E-state index >= 15 is 0 Å². The number of hydrogen-bond donors (Lipinski definition) is 1. The smallest absolute Gasteiger partial charge is 0.232 e. The Hall–Kier alpha value is -2.40. The second-order valence-electron chi connectivity index (χ2n) is 7.69. The summed E-state index contributed by atoms with van der Waals surface area (Å²) in [6.45, 7) is 4.19. The molecule has 1 heterocycles. The number of nitrogens with zero attached hydrogens (tertiary/aromatic N) is 2. The van der Waals surface area contributed by atoms with Crippen molar-refractivity contribution in [1.29, 1.82) is 0 Å². The Morgan fingerprint density at radius 2 is 1.63 bits per heavy atom. The van der Waals surface area contributed by atoms with Crippen molar-refractivity contribution in [3.05, 3.63) is 59.9 Å². The van der Waals surface area contributed by atoms with Crippen LogP contribution in [0, 0.1) is 11.7 Å². The summed E-state index contributed by atoms with van der Waals surface area (Å²) in [5.74, 6) is -0.118. The van der Waals surface area contributed by atoms with E-state index in [0.29, 0.717) is 5.92 Å². The van der Waals surface area contributed by atoms with Gasteiger partial charge in [-0.15, -0.1) is 0 Å². The van der Waals surface area contributed by atoms with Crippen LogP contribution in [-0.2, 0) is 4.79 Å². The Morgan fingerprint density at radius 3 is 2.22 bits per heavy atom. The summed E-state index contributed by atoms with van der Waals surface area (Å²) in [7, 11) is 2.15. The second kappa shape index (κ2) is 7.69. The summed E-state index contributed by atoms with van der Waals surface area (Å²) < 4.78 is 13.2. The highest BCUT2D eigenvalue weighted by molar-refractivity contribution is 5.96. The Balaban J connectivity index is 1.43. The van der Waals surface area contributed by atoms with Crippen LogP contribution < -0.4 is 10.2 Å². The average molecular weight is 367 g/mol. The summed E-state index contributed by atoms with van der Waals surface area (Å²) in [6.07, 6.45) is 2.11. The van der Waals surface area contributed by atoms with Crippen molar-refractivity contribution >= 4 is 17.3 Å². The zero-order chi connectivity index (χ0) is 18.8. The number of carbonyl (C=O) groups excluding carboxylic acids is 1. The standard InChI is InChI=1S/C22H26FN3O/c1-25-12-14-26(15-13-25)20-10-8-19(9-11-20)24-22(27)21(16-2-3-16)17-4-6-18(23)7-5-17/h4-11,16,21H,2-3,12-15H2,1H3,(H,24,27). The van der Waals surface area contributed by atoms with E-state index in [2.05, 4.69) is 34.3 Å². The molecule has 4 rings (SSSR count). The number of halogens is 1. The quantitative estimate of drug-likeness (QED) is 0.875. The molecule has 1 N–H and O–H groups in total. The van der Waals surface area contributed by atoms with Gasteiger partial charge in [0.1, 0.15) is 5.82 Å². The van der Waals surface area contributed by atoms with E-state index in [1.165, 1.54) is 17.8 Å². The molecule has 2 aromatic rings. The van der Waals surface area contributed by atoms with Crippen LogP contribution in [0.15, 0.2) is 48.5 Å². The lowest BCUT2D eigenvalue weighted by Crippen LogP contribution is -2.44. The summed E-state index contributed by atoms with van der Waals surface area (Å²) >= 11 is 0. The number of benzene rings is 2. The number of likely N-dealkylation sites (N-methyl/N-ethyl adjacent to an activating group) is 1. The predicted molar refractivity (Wildman–Crippen MR) is 107 cm³/mol. The topological polar surface area (TPSA) is 35.6 Å². The normalized spacial score (nSPS) is 19.0. The van der Waals surface area contributed by atoms with Gasteiger partial charge in [-0.3, -0.25) is 4.79 Å². The van der Waals surface area contributed by atoms with Gasteiger partial charge in [0.2, 0.25) is 5.91 Å². The molecule has 142 valence electrons. The molecule has 1 amide bonds. The predicted octanol–water partition coefficient (Wildman–Crippen LogP) is 3.71. The molecule has 0 bridgehead atoms. The molecule has 1 atom stereocenters. The first-order valence-corrected chi connectivity index (χ1v) is 9.70. The Morgan fingerprint density at radius 1 is 1.00 bits per heavy atom. The maximum absolute atomic E-state index is 13.2. The summed E-state index contributed by atoms with van der Waals surface area (Å²) in [4.78, 5) is 17.6. The van der Waals surface area contributed by atoms with Gasteiger partial charge in [-0.05, 0) is 67.8 Å². The highest BCUT2D eigenvalue weighted by Gasteiger charge is 2.37. The second-order valence-corrected chi connectivity index (χ2v) is 7.69. The lowest BCUT2D eigenvalue weighted by molar-refractivity contribution is -0.118. The minimum atomic E-state index is -0.270. The van der Waals surface area contributed by atoms with Crippen LogP contribution in [-0.4, -0.2) is 44.0 Å². The van der Waals surface area contributed by atoms with Crippen LogP contribution in [0.3, 0.4) is 0 Å². The van der Waals surface area contributed by atoms with Crippen molar-refractivity contribution in [2.24, 2.45) is 5.92 Å². The van der Waals surface area contributed by atoms with E-state index in [-0.39, 0.29) is 17.6 Å². The van der Waals surface area contributed by atoms with Crippen molar-refractivity contribution < 1.29 is 9.18 Å². The van der Waals surface area contributed by atoms with Crippen LogP contribution in [0.25, 0.3) is 0 Å². The van der Waals surface area contributed by atoms with Gasteiger partial charge in [-0.2, -0.15) is 0 Å². The minimum absolute atomic E-state index is 0.00328. The molecule has 2 fully saturated rings. The lowest BCUT2D eigenvalue weighted by atomic mass is 9.93. The molecule has 1 aliphatic heterocycles. The molecule has 4 nitrogen and oxygen atoms in total. The van der Waals surface area contributed by atoms with Gasteiger partial charge in [0, 0.05) is 37.6 Å². The Bertz CT molecular complexity index is 778. The van der Waals surface area contributed by atoms with E-state index in [9.17, 15) is 9.18 Å². The van der Waals surface area contributed by atoms with Crippen molar-refractivity contribution in [2.75, 3.05) is 43.4 Å². The average Bonchev–Trinajstić information content (AvgIpc) is 3.50. The van der Waals surface area contributed by atoms with Crippen molar-refractivity contribution in [3.63, 3.8) is 0 Å². The molecule has 1 saturated carbocycles. The first-order chi connectivity index (χ1) is 13.1. The first kappa shape index (κ1) is 18.0. The lowest BCUT2D eigenvalue weighted by Gasteiger charge is -2.34. The monoisotopic (exact) mass is 367 g/mol. The highest BCUT2D eigenvalue weighted by Crippen LogP contribution is 2.43. The van der Waals surface area contributed by atoms with Gasteiger partial charge >= 0.3 is 0 Å². The number of rotatable bonds is 5. The van der Waals surface area contributed by atoms with Gasteiger partial charge in [0.25, 0.3) is 0 Å². The number of nitrogens with one attached hydrogen (secondary N) is 1. The van der Waals surface area contributed by atoms with E-state index in [4.69, 9.17) is 0 Å². The summed E-state index contributed by atoms with van der Waals surface area (Å²) in [5, 5.41) is 3.05. The third kappa shape index (κ3) is 4.30. The van der Waals surface area contributed by atoms with Crippen molar-refractivity contribution in [1.82, 2.24) is 4.90 Å². The fraction of sp³-hybridized carbons (Fsp3) is 0.409. The molecular formula is C22H26FN3O. The molecule has 2 aromatic carbocycles. The third-order valence-electron chi connectivity index (χ3n) is 5.61. The van der Waals surface area contributed by atoms with E-state index in [1.54, 1.807) is 12.1 Å². The fourth-order valence-corrected chi connectivity index (χ4v) is 3.78. The number of piperazine rings is 1. The summed E-state index contributed by atoms with van der Waals surface area (Å²) in [5.41, 5.74) is 2.90. The van der Waals surface area contributed by atoms with Crippen LogP contribution in [0.2, 0.25) is 0 Å². The molecule has 27 heavy (non-hydrogen) atoms. The molecule has 2 aliphatic rings. The van der Waals surface area contributed by atoms with Crippen LogP contribution >= 0.6 is 0 Å². The SMILES string of the molecule is CN1CCN(c2ccc(NC(=O)C(c3ccc(F)cc3)C3CC3)cc2)CC1. The highest BCUT2D eigenvalue weighted by atomic mass is 19.1. The van der Waals surface area contributed by atoms with Crippen LogP contribution in [0.5, 0.6) is 0 Å². The molecule has 0 radical (unpaired) electrons. The van der Waals surface area contributed by atoms with E-state index < -0.39 is 0 Å². The van der Waals surface area contributed by atoms with Gasteiger partial charge in [-0.25, -0.2) is 4.39 Å². The number of anilines is 2. The van der Waals surface area contributed by atoms with E-state index in [1.807, 2.05) is 12.1 Å². The maximum Gasteiger partial charge on any atom is 0.232 e. The molecule has 0 aromatic heterocycles. The van der Waals surface area contributed by atoms with Crippen molar-refractivity contribution in [2.45, 2.75) is 18.8 Å². The molecule has 1 saturated heterocycles. The molecular weight excluding hydrogens is 341 g/mol. The number of amides is 1. The number of carbonyl (C=O) groups is 1. The first-order valence-electron chi connectivity index (χ1n) is 9.70. The van der Waals surface area contributed by atoms with Gasteiger partial charge in [0.15, 0.2) is 0 Å². The summed E-state index contributed by atoms with van der Waals surface area (Å²) in [6, 6.07) is 14.4. The van der Waals surface area contributed by atoms with Crippen molar-refractivity contribution in [3.8, 4) is 0 Å². The molecule has 5 heteroatoms. The Labute approximate surface area is 160 Å². The Kier molecular flexibility index (Phi) is 5.12. The minimum Gasteiger partial charge on any atom is -0.369 e. The molecule has 1 aliphatic carbocycles. The van der Waals surface area contributed by atoms with Gasteiger partial charge in [-0.1, -0.05) is 12.1 Å². The molecule has 1 unspecified atom stereocenters. The van der Waals surface area contributed by atoms with Gasteiger partial charge in [0.05, 0.1) is 5.92 Å². The third-order valence-corrected chi connectivity index (χ3v) is 5.61.